The summed E-state index contributed by atoms with van der Waals surface area (Å²) in [4.78, 5) is 19.8. The maximum absolute atomic E-state index is 13.0. The summed E-state index contributed by atoms with van der Waals surface area (Å²) in [7, 11) is 0. The van der Waals surface area contributed by atoms with Crippen LogP contribution >= 0.6 is 11.3 Å². The Hall–Kier alpha value is -3.19. The summed E-state index contributed by atoms with van der Waals surface area (Å²) < 4.78 is 12.3. The number of aryl methyl sites for hydroxylation is 2. The van der Waals surface area contributed by atoms with Crippen molar-refractivity contribution in [1.29, 1.82) is 0 Å². The fourth-order valence-corrected chi connectivity index (χ4v) is 5.42. The molecule has 1 atom stereocenters. The van der Waals surface area contributed by atoms with Crippen molar-refractivity contribution in [1.82, 2.24) is 15.0 Å². The topological polar surface area (TPSA) is 68.5 Å². The molecule has 0 radical (unpaired) electrons. The summed E-state index contributed by atoms with van der Waals surface area (Å²) >= 11 is 1.76. The summed E-state index contributed by atoms with van der Waals surface area (Å²) in [5.74, 6) is 2.03. The first-order chi connectivity index (χ1) is 16.1. The molecule has 7 heteroatoms. The van der Waals surface area contributed by atoms with Crippen LogP contribution < -0.4 is 4.74 Å². The summed E-state index contributed by atoms with van der Waals surface area (Å²) in [5.41, 5.74) is 3.87. The van der Waals surface area contributed by atoms with E-state index in [1.54, 1.807) is 11.3 Å². The number of nitrogens with zero attached hydrogens (tertiary/aromatic N) is 3. The first kappa shape index (κ1) is 21.6. The van der Waals surface area contributed by atoms with Crippen LogP contribution in [0.4, 0.5) is 0 Å². The number of benzene rings is 2. The van der Waals surface area contributed by atoms with E-state index in [1.807, 2.05) is 55.1 Å². The normalized spacial score (nSPS) is 16.3. The van der Waals surface area contributed by atoms with Gasteiger partial charge >= 0.3 is 0 Å². The second-order valence-electron chi connectivity index (χ2n) is 8.61. The molecule has 1 amide bonds. The number of likely N-dealkylation sites (tertiary alicyclic amines) is 1. The third-order valence-corrected chi connectivity index (χ3v) is 7.48. The fourth-order valence-electron chi connectivity index (χ4n) is 4.32. The number of rotatable bonds is 6. The van der Waals surface area contributed by atoms with Crippen LogP contribution in [0.3, 0.4) is 0 Å². The van der Waals surface area contributed by atoms with E-state index >= 15 is 0 Å². The quantitative estimate of drug-likeness (QED) is 0.383. The van der Waals surface area contributed by atoms with Gasteiger partial charge in [0.25, 0.3) is 0 Å². The molecule has 0 N–H and O–H groups in total. The van der Waals surface area contributed by atoms with Crippen LogP contribution in [0.5, 0.6) is 5.75 Å². The Morgan fingerprint density at radius 1 is 1.18 bits per heavy atom. The van der Waals surface area contributed by atoms with Gasteiger partial charge in [0.15, 0.2) is 0 Å². The maximum atomic E-state index is 13.0. The third kappa shape index (κ3) is 4.78. The lowest BCUT2D eigenvalue weighted by molar-refractivity contribution is -0.131. The SMILES string of the molecule is Cc1noc(C)c1COc1ccc(CC(=O)N2CCCC(c3nc4ccccc4s3)C2)cc1. The van der Waals surface area contributed by atoms with E-state index < -0.39 is 0 Å². The van der Waals surface area contributed by atoms with Gasteiger partial charge in [0.1, 0.15) is 18.1 Å². The monoisotopic (exact) mass is 461 g/mol. The molecule has 5 rings (SSSR count). The third-order valence-electron chi connectivity index (χ3n) is 6.28. The van der Waals surface area contributed by atoms with Crippen LogP contribution in [-0.4, -0.2) is 34.0 Å². The van der Waals surface area contributed by atoms with Crippen LogP contribution in [0.1, 0.15) is 46.3 Å². The number of aromatic nitrogens is 2. The molecule has 0 saturated carbocycles. The van der Waals surface area contributed by atoms with Gasteiger partial charge in [-0.05, 0) is 56.5 Å². The zero-order valence-electron chi connectivity index (χ0n) is 18.9. The highest BCUT2D eigenvalue weighted by Gasteiger charge is 2.27. The lowest BCUT2D eigenvalue weighted by atomic mass is 9.98. The smallest absolute Gasteiger partial charge is 0.227 e. The first-order valence-electron chi connectivity index (χ1n) is 11.3. The van der Waals surface area contributed by atoms with Gasteiger partial charge in [-0.2, -0.15) is 0 Å². The molecule has 4 aromatic rings. The largest absolute Gasteiger partial charge is 0.489 e. The number of ether oxygens (including phenoxy) is 1. The lowest BCUT2D eigenvalue weighted by Gasteiger charge is -2.32. The molecule has 6 nitrogen and oxygen atoms in total. The van der Waals surface area contributed by atoms with Gasteiger partial charge in [0.05, 0.1) is 32.9 Å². The zero-order chi connectivity index (χ0) is 22.8. The van der Waals surface area contributed by atoms with E-state index in [2.05, 4.69) is 17.3 Å². The van der Waals surface area contributed by atoms with Gasteiger partial charge in [0, 0.05) is 19.0 Å². The molecule has 0 spiro atoms. The minimum atomic E-state index is 0.171. The molecule has 1 saturated heterocycles. The van der Waals surface area contributed by atoms with Gasteiger partial charge in [-0.1, -0.05) is 29.4 Å². The van der Waals surface area contributed by atoms with Crippen molar-refractivity contribution in [3.8, 4) is 5.75 Å². The Balaban J connectivity index is 1.18. The first-order valence-corrected chi connectivity index (χ1v) is 12.1. The molecule has 0 bridgehead atoms. The van der Waals surface area contributed by atoms with Crippen molar-refractivity contribution in [3.05, 3.63) is 76.1 Å². The molecule has 0 aliphatic carbocycles. The Morgan fingerprint density at radius 2 is 2.00 bits per heavy atom. The number of hydrogen-bond acceptors (Lipinski definition) is 6. The van der Waals surface area contributed by atoms with Crippen molar-refractivity contribution in [2.24, 2.45) is 0 Å². The molecule has 33 heavy (non-hydrogen) atoms. The van der Waals surface area contributed by atoms with Crippen molar-refractivity contribution in [3.63, 3.8) is 0 Å². The number of amides is 1. The molecule has 170 valence electrons. The van der Waals surface area contributed by atoms with E-state index in [-0.39, 0.29) is 5.91 Å². The number of carbonyl (C=O) groups excluding carboxylic acids is 1. The van der Waals surface area contributed by atoms with Gasteiger partial charge in [-0.3, -0.25) is 4.79 Å². The molecular formula is C26H27N3O3S. The molecule has 1 aliphatic rings. The number of hydrogen-bond donors (Lipinski definition) is 0. The second-order valence-corrected chi connectivity index (χ2v) is 9.67. The van der Waals surface area contributed by atoms with Gasteiger partial charge in [-0.15, -0.1) is 11.3 Å². The van der Waals surface area contributed by atoms with E-state index in [1.165, 1.54) is 4.70 Å². The van der Waals surface area contributed by atoms with E-state index in [4.69, 9.17) is 14.2 Å². The highest BCUT2D eigenvalue weighted by atomic mass is 32.1. The van der Waals surface area contributed by atoms with E-state index in [0.717, 1.165) is 64.8 Å². The number of fused-ring (bicyclic) bond motifs is 1. The van der Waals surface area contributed by atoms with Crippen LogP contribution in [-0.2, 0) is 17.8 Å². The Morgan fingerprint density at radius 3 is 2.76 bits per heavy atom. The minimum Gasteiger partial charge on any atom is -0.489 e. The number of carbonyl (C=O) groups is 1. The summed E-state index contributed by atoms with van der Waals surface area (Å²) in [6.45, 7) is 5.78. The number of thiazole rings is 1. The highest BCUT2D eigenvalue weighted by Crippen LogP contribution is 2.33. The fraction of sp³-hybridized carbons (Fsp3) is 0.346. The van der Waals surface area contributed by atoms with Crippen molar-refractivity contribution >= 4 is 27.5 Å². The average Bonchev–Trinajstić information content (AvgIpc) is 3.42. The molecular weight excluding hydrogens is 434 g/mol. The van der Waals surface area contributed by atoms with Crippen molar-refractivity contribution < 1.29 is 14.1 Å². The summed E-state index contributed by atoms with van der Waals surface area (Å²) in [6.07, 6.45) is 2.50. The minimum absolute atomic E-state index is 0.171. The predicted octanol–water partition coefficient (Wildman–Crippen LogP) is 5.43. The number of para-hydroxylation sites is 1. The van der Waals surface area contributed by atoms with Crippen LogP contribution in [0.25, 0.3) is 10.2 Å². The summed E-state index contributed by atoms with van der Waals surface area (Å²) in [5, 5.41) is 5.10. The van der Waals surface area contributed by atoms with Crippen LogP contribution in [0.2, 0.25) is 0 Å². The van der Waals surface area contributed by atoms with Crippen LogP contribution in [0, 0.1) is 13.8 Å². The Bertz CT molecular complexity index is 1210. The molecule has 2 aromatic carbocycles. The summed E-state index contributed by atoms with van der Waals surface area (Å²) in [6, 6.07) is 16.0. The molecule has 3 heterocycles. The van der Waals surface area contributed by atoms with Gasteiger partial charge in [0.2, 0.25) is 5.91 Å². The maximum Gasteiger partial charge on any atom is 0.227 e. The van der Waals surface area contributed by atoms with Gasteiger partial charge < -0.3 is 14.2 Å². The zero-order valence-corrected chi connectivity index (χ0v) is 19.7. The van der Waals surface area contributed by atoms with Gasteiger partial charge in [-0.25, -0.2) is 4.98 Å². The average molecular weight is 462 g/mol. The molecule has 1 fully saturated rings. The molecule has 2 aromatic heterocycles. The molecule has 1 unspecified atom stereocenters. The van der Waals surface area contributed by atoms with Crippen molar-refractivity contribution in [2.45, 2.75) is 45.6 Å². The lowest BCUT2D eigenvalue weighted by Crippen LogP contribution is -2.39. The van der Waals surface area contributed by atoms with E-state index in [9.17, 15) is 4.79 Å². The Kier molecular flexibility index (Phi) is 6.13. The highest BCUT2D eigenvalue weighted by molar-refractivity contribution is 7.18. The molecule has 1 aliphatic heterocycles. The Labute approximate surface area is 197 Å². The van der Waals surface area contributed by atoms with Crippen LogP contribution in [0.15, 0.2) is 53.1 Å². The van der Waals surface area contributed by atoms with Crippen molar-refractivity contribution in [2.75, 3.05) is 13.1 Å². The second kappa shape index (κ2) is 9.35. The van der Waals surface area contributed by atoms with E-state index in [0.29, 0.717) is 18.9 Å². The predicted molar refractivity (Wildman–Crippen MR) is 129 cm³/mol. The standard InChI is InChI=1S/C26H27N3O3S/c1-17-22(18(2)32-28-17)16-31-21-11-9-19(10-12-21)14-25(30)29-13-5-6-20(15-29)26-27-23-7-3-4-8-24(23)33-26/h3-4,7-12,20H,5-6,13-16H2,1-2H3. The number of piperidine rings is 1.